The first-order valence-electron chi connectivity index (χ1n) is 8.58. The Bertz CT molecular complexity index is 692. The van der Waals surface area contributed by atoms with Gasteiger partial charge in [0.1, 0.15) is 11.5 Å². The third-order valence-electron chi connectivity index (χ3n) is 4.10. The Balaban J connectivity index is 2.09. The Labute approximate surface area is 150 Å². The molecule has 136 valence electrons. The average Bonchev–Trinajstić information content (AvgIpc) is 2.61. The van der Waals surface area contributed by atoms with Gasteiger partial charge in [-0.05, 0) is 36.1 Å². The first kappa shape index (κ1) is 19.0. The monoisotopic (exact) mass is 344 g/mol. The number of methoxy groups -OCH3 is 2. The van der Waals surface area contributed by atoms with Gasteiger partial charge in [0, 0.05) is 11.1 Å². The van der Waals surface area contributed by atoms with Gasteiger partial charge in [-0.15, -0.1) is 0 Å². The molecule has 0 aromatic heterocycles. The van der Waals surface area contributed by atoms with Crippen molar-refractivity contribution in [3.05, 3.63) is 47.5 Å². The number of ether oxygens (including phenoxy) is 4. The maximum atomic E-state index is 5.80. The van der Waals surface area contributed by atoms with Crippen LogP contribution >= 0.6 is 0 Å². The van der Waals surface area contributed by atoms with Crippen LogP contribution in [-0.4, -0.2) is 21.0 Å². The lowest BCUT2D eigenvalue weighted by Gasteiger charge is -2.17. The van der Waals surface area contributed by atoms with Crippen molar-refractivity contribution in [3.8, 4) is 23.0 Å². The topological polar surface area (TPSA) is 36.9 Å². The molecule has 0 aliphatic rings. The van der Waals surface area contributed by atoms with Crippen molar-refractivity contribution in [2.24, 2.45) is 0 Å². The minimum absolute atomic E-state index is 0.113. The van der Waals surface area contributed by atoms with Gasteiger partial charge in [-0.1, -0.05) is 39.8 Å². The van der Waals surface area contributed by atoms with Gasteiger partial charge in [-0.25, -0.2) is 0 Å². The van der Waals surface area contributed by atoms with E-state index >= 15 is 0 Å². The second-order valence-electron chi connectivity index (χ2n) is 6.50. The van der Waals surface area contributed by atoms with Gasteiger partial charge in [0.15, 0.2) is 11.5 Å². The second-order valence-corrected chi connectivity index (χ2v) is 6.50. The summed E-state index contributed by atoms with van der Waals surface area (Å²) >= 11 is 0. The zero-order chi connectivity index (χ0) is 18.4. The van der Waals surface area contributed by atoms with Gasteiger partial charge in [-0.2, -0.15) is 0 Å². The molecule has 0 fully saturated rings. The van der Waals surface area contributed by atoms with Gasteiger partial charge in [0.25, 0.3) is 0 Å². The highest BCUT2D eigenvalue weighted by Crippen LogP contribution is 2.35. The van der Waals surface area contributed by atoms with Crippen LogP contribution in [0.3, 0.4) is 0 Å². The molecule has 0 atom stereocenters. The Morgan fingerprint density at radius 2 is 1.48 bits per heavy atom. The molecule has 2 aromatic rings. The molecule has 0 aliphatic heterocycles. The molecule has 0 radical (unpaired) electrons. The molecule has 25 heavy (non-hydrogen) atoms. The SMILES string of the molecule is COc1ccc(OCOc2cccc(C(C)C)c2OC)cc1C(C)C. The smallest absolute Gasteiger partial charge is 0.231 e. The Morgan fingerprint density at radius 3 is 2.08 bits per heavy atom. The van der Waals surface area contributed by atoms with E-state index in [0.29, 0.717) is 17.6 Å². The molecule has 0 saturated heterocycles. The number of hydrogen-bond acceptors (Lipinski definition) is 4. The third kappa shape index (κ3) is 4.59. The van der Waals surface area contributed by atoms with Gasteiger partial charge in [0.05, 0.1) is 14.2 Å². The quantitative estimate of drug-likeness (QED) is 0.604. The molecule has 0 unspecified atom stereocenters. The predicted octanol–water partition coefficient (Wildman–Crippen LogP) is 5.37. The van der Waals surface area contributed by atoms with Crippen molar-refractivity contribution < 1.29 is 18.9 Å². The zero-order valence-corrected chi connectivity index (χ0v) is 16.0. The van der Waals surface area contributed by atoms with Gasteiger partial charge < -0.3 is 18.9 Å². The maximum Gasteiger partial charge on any atom is 0.231 e. The first-order chi connectivity index (χ1) is 12.0. The number of benzene rings is 2. The Morgan fingerprint density at radius 1 is 0.760 bits per heavy atom. The largest absolute Gasteiger partial charge is 0.496 e. The standard InChI is InChI=1S/C21H28O4/c1-14(2)17-8-7-9-20(21(17)23-6)25-13-24-16-10-11-19(22-5)18(12-16)15(3)4/h7-12,14-15H,13H2,1-6H3. The van der Waals surface area contributed by atoms with Gasteiger partial charge >= 0.3 is 0 Å². The Hall–Kier alpha value is -2.36. The van der Waals surface area contributed by atoms with Crippen molar-refractivity contribution in [1.29, 1.82) is 0 Å². The lowest BCUT2D eigenvalue weighted by molar-refractivity contribution is 0.116. The van der Waals surface area contributed by atoms with E-state index in [4.69, 9.17) is 18.9 Å². The van der Waals surface area contributed by atoms with Crippen molar-refractivity contribution in [3.63, 3.8) is 0 Å². The van der Waals surface area contributed by atoms with E-state index < -0.39 is 0 Å². The summed E-state index contributed by atoms with van der Waals surface area (Å²) in [5, 5.41) is 0. The summed E-state index contributed by atoms with van der Waals surface area (Å²) in [4.78, 5) is 0. The van der Waals surface area contributed by atoms with Crippen molar-refractivity contribution in [2.75, 3.05) is 21.0 Å². The first-order valence-corrected chi connectivity index (χ1v) is 8.58. The summed E-state index contributed by atoms with van der Waals surface area (Å²) in [6.45, 7) is 8.62. The van der Waals surface area contributed by atoms with E-state index in [1.807, 2.05) is 30.3 Å². The highest BCUT2D eigenvalue weighted by molar-refractivity contribution is 5.48. The van der Waals surface area contributed by atoms with Crippen LogP contribution in [0.4, 0.5) is 0 Å². The normalized spacial score (nSPS) is 10.9. The van der Waals surface area contributed by atoms with Crippen LogP contribution in [0.2, 0.25) is 0 Å². The van der Waals surface area contributed by atoms with E-state index in [9.17, 15) is 0 Å². The molecular formula is C21H28O4. The summed E-state index contributed by atoms with van der Waals surface area (Å²) in [5.41, 5.74) is 2.23. The molecule has 4 nitrogen and oxygen atoms in total. The van der Waals surface area contributed by atoms with Gasteiger partial charge in [0.2, 0.25) is 6.79 Å². The summed E-state index contributed by atoms with van der Waals surface area (Å²) in [6.07, 6.45) is 0. The fourth-order valence-electron chi connectivity index (χ4n) is 2.73. The highest BCUT2D eigenvalue weighted by Gasteiger charge is 2.13. The van der Waals surface area contributed by atoms with Crippen LogP contribution in [0, 0.1) is 0 Å². The molecule has 0 saturated carbocycles. The van der Waals surface area contributed by atoms with E-state index in [0.717, 1.165) is 28.4 Å². The second kappa shape index (κ2) is 8.65. The molecular weight excluding hydrogens is 316 g/mol. The van der Waals surface area contributed by atoms with Crippen LogP contribution in [0.1, 0.15) is 50.7 Å². The summed E-state index contributed by atoms with van der Waals surface area (Å²) < 4.78 is 22.5. The minimum Gasteiger partial charge on any atom is -0.496 e. The molecule has 0 spiro atoms. The van der Waals surface area contributed by atoms with Gasteiger partial charge in [-0.3, -0.25) is 0 Å². The molecule has 2 rings (SSSR count). The number of hydrogen-bond donors (Lipinski definition) is 0. The van der Waals surface area contributed by atoms with E-state index in [-0.39, 0.29) is 6.79 Å². The van der Waals surface area contributed by atoms with E-state index in [2.05, 4.69) is 33.8 Å². The maximum absolute atomic E-state index is 5.80. The molecule has 0 bridgehead atoms. The van der Waals surface area contributed by atoms with E-state index in [1.54, 1.807) is 14.2 Å². The van der Waals surface area contributed by atoms with Crippen LogP contribution in [0.25, 0.3) is 0 Å². The summed E-state index contributed by atoms with van der Waals surface area (Å²) in [5.74, 6) is 3.78. The molecule has 0 heterocycles. The fourth-order valence-corrected chi connectivity index (χ4v) is 2.73. The highest BCUT2D eigenvalue weighted by atomic mass is 16.7. The zero-order valence-electron chi connectivity index (χ0n) is 16.0. The minimum atomic E-state index is 0.113. The summed E-state index contributed by atoms with van der Waals surface area (Å²) in [6, 6.07) is 11.7. The summed E-state index contributed by atoms with van der Waals surface area (Å²) in [7, 11) is 3.34. The van der Waals surface area contributed by atoms with Crippen LogP contribution in [0.5, 0.6) is 23.0 Å². The van der Waals surface area contributed by atoms with Crippen LogP contribution in [0.15, 0.2) is 36.4 Å². The van der Waals surface area contributed by atoms with Crippen molar-refractivity contribution >= 4 is 0 Å². The average molecular weight is 344 g/mol. The lowest BCUT2D eigenvalue weighted by atomic mass is 10.0. The lowest BCUT2D eigenvalue weighted by Crippen LogP contribution is -2.08. The Kier molecular flexibility index (Phi) is 6.57. The van der Waals surface area contributed by atoms with Crippen molar-refractivity contribution in [1.82, 2.24) is 0 Å². The molecule has 4 heteroatoms. The third-order valence-corrected chi connectivity index (χ3v) is 4.10. The number of para-hydroxylation sites is 1. The van der Waals surface area contributed by atoms with Crippen LogP contribution in [-0.2, 0) is 0 Å². The predicted molar refractivity (Wildman–Crippen MR) is 100 cm³/mol. The molecule has 0 amide bonds. The molecule has 2 aromatic carbocycles. The van der Waals surface area contributed by atoms with E-state index in [1.165, 1.54) is 0 Å². The number of rotatable bonds is 8. The molecule has 0 aliphatic carbocycles. The fraction of sp³-hybridized carbons (Fsp3) is 0.429. The van der Waals surface area contributed by atoms with Crippen molar-refractivity contribution in [2.45, 2.75) is 39.5 Å². The molecule has 0 N–H and O–H groups in total. The van der Waals surface area contributed by atoms with Crippen LogP contribution < -0.4 is 18.9 Å².